The van der Waals surface area contributed by atoms with Crippen LogP contribution >= 0.6 is 0 Å². The normalized spacial score (nSPS) is 19.1. The molecule has 0 saturated heterocycles. The molecule has 6 heteroatoms. The van der Waals surface area contributed by atoms with Crippen molar-refractivity contribution >= 4 is 23.4 Å². The number of carbonyl (C=O) groups is 2. The standard InChI is InChI=1S/C30H44N4O2/c1-5-21(3)25-10-14-27(15-11-25)33-29(35)31-19-23-8-7-9-24(18-23)20-32-30(36)34-28-16-12-26(13-17-28)22(4)6-2/h10-17,21-24H,5-9,18-20H2,1-4H3,(H2,31,33,35)(H2,32,34,36)/t21-,22+,23+,24-. The van der Waals surface area contributed by atoms with Gasteiger partial charge in [-0.15, -0.1) is 0 Å². The van der Waals surface area contributed by atoms with Crippen LogP contribution in [0.2, 0.25) is 0 Å². The van der Waals surface area contributed by atoms with Crippen LogP contribution in [-0.4, -0.2) is 25.2 Å². The van der Waals surface area contributed by atoms with Gasteiger partial charge in [0.2, 0.25) is 0 Å². The fourth-order valence-corrected chi connectivity index (χ4v) is 4.86. The van der Waals surface area contributed by atoms with Crippen molar-refractivity contribution in [1.29, 1.82) is 0 Å². The molecule has 0 radical (unpaired) electrons. The van der Waals surface area contributed by atoms with Crippen molar-refractivity contribution in [3.8, 4) is 0 Å². The molecule has 4 amide bonds. The van der Waals surface area contributed by atoms with Crippen molar-refractivity contribution in [3.63, 3.8) is 0 Å². The molecule has 2 aromatic rings. The summed E-state index contributed by atoms with van der Waals surface area (Å²) in [6.07, 6.45) is 6.54. The summed E-state index contributed by atoms with van der Waals surface area (Å²) in [5, 5.41) is 11.9. The maximum absolute atomic E-state index is 12.4. The summed E-state index contributed by atoms with van der Waals surface area (Å²) in [6, 6.07) is 15.9. The maximum Gasteiger partial charge on any atom is 0.319 e. The smallest absolute Gasteiger partial charge is 0.319 e. The lowest BCUT2D eigenvalue weighted by Gasteiger charge is -2.29. The van der Waals surface area contributed by atoms with Crippen LogP contribution in [0.1, 0.15) is 89.2 Å². The lowest BCUT2D eigenvalue weighted by molar-refractivity contribution is 0.230. The van der Waals surface area contributed by atoms with Gasteiger partial charge in [0.15, 0.2) is 0 Å². The van der Waals surface area contributed by atoms with Crippen LogP contribution < -0.4 is 21.3 Å². The number of hydrogen-bond donors (Lipinski definition) is 4. The molecule has 196 valence electrons. The second-order valence-corrected chi connectivity index (χ2v) is 10.4. The van der Waals surface area contributed by atoms with Crippen LogP contribution in [0.15, 0.2) is 48.5 Å². The summed E-state index contributed by atoms with van der Waals surface area (Å²) < 4.78 is 0. The van der Waals surface area contributed by atoms with E-state index in [9.17, 15) is 9.59 Å². The summed E-state index contributed by atoms with van der Waals surface area (Å²) in [7, 11) is 0. The number of carbonyl (C=O) groups excluding carboxylic acids is 2. The van der Waals surface area contributed by atoms with Gasteiger partial charge in [-0.25, -0.2) is 9.59 Å². The molecule has 0 unspecified atom stereocenters. The number of amides is 4. The van der Waals surface area contributed by atoms with E-state index in [-0.39, 0.29) is 12.1 Å². The molecule has 1 saturated carbocycles. The highest BCUT2D eigenvalue weighted by molar-refractivity contribution is 5.89. The molecule has 0 spiro atoms. The van der Waals surface area contributed by atoms with Crippen molar-refractivity contribution in [2.75, 3.05) is 23.7 Å². The summed E-state index contributed by atoms with van der Waals surface area (Å²) in [6.45, 7) is 10.1. The van der Waals surface area contributed by atoms with Gasteiger partial charge < -0.3 is 21.3 Å². The Labute approximate surface area is 217 Å². The van der Waals surface area contributed by atoms with E-state index < -0.39 is 0 Å². The van der Waals surface area contributed by atoms with Crippen LogP contribution in [0.5, 0.6) is 0 Å². The quantitative estimate of drug-likeness (QED) is 0.277. The Morgan fingerprint density at radius 3 is 1.47 bits per heavy atom. The molecule has 6 nitrogen and oxygen atoms in total. The van der Waals surface area contributed by atoms with E-state index in [0.717, 1.165) is 49.9 Å². The molecule has 1 fully saturated rings. The Morgan fingerprint density at radius 1 is 0.722 bits per heavy atom. The zero-order chi connectivity index (χ0) is 25.9. The van der Waals surface area contributed by atoms with Gasteiger partial charge in [-0.1, -0.05) is 58.4 Å². The summed E-state index contributed by atoms with van der Waals surface area (Å²) in [5.41, 5.74) is 4.20. The molecule has 4 atom stereocenters. The molecule has 1 aliphatic carbocycles. The second-order valence-electron chi connectivity index (χ2n) is 10.4. The molecule has 0 aromatic heterocycles. The number of hydrogen-bond acceptors (Lipinski definition) is 2. The van der Waals surface area contributed by atoms with E-state index in [1.165, 1.54) is 11.1 Å². The van der Waals surface area contributed by atoms with Crippen molar-refractivity contribution in [2.45, 2.75) is 78.1 Å². The molecule has 2 aromatic carbocycles. The third-order valence-electron chi connectivity index (χ3n) is 7.69. The lowest BCUT2D eigenvalue weighted by atomic mass is 9.81. The Hall–Kier alpha value is -3.02. The van der Waals surface area contributed by atoms with Gasteiger partial charge in [0.25, 0.3) is 0 Å². The first-order chi connectivity index (χ1) is 17.4. The minimum Gasteiger partial charge on any atom is -0.338 e. The van der Waals surface area contributed by atoms with Crippen molar-refractivity contribution < 1.29 is 9.59 Å². The molecule has 0 aliphatic heterocycles. The van der Waals surface area contributed by atoms with E-state index in [2.05, 4.69) is 73.2 Å². The predicted octanol–water partition coefficient (Wildman–Crippen LogP) is 7.46. The molecule has 3 rings (SSSR count). The topological polar surface area (TPSA) is 82.3 Å². The van der Waals surface area contributed by atoms with Crippen molar-refractivity contribution in [3.05, 3.63) is 59.7 Å². The highest BCUT2D eigenvalue weighted by Gasteiger charge is 2.23. The molecular weight excluding hydrogens is 448 g/mol. The zero-order valence-electron chi connectivity index (χ0n) is 22.4. The first-order valence-corrected chi connectivity index (χ1v) is 13.7. The molecule has 36 heavy (non-hydrogen) atoms. The SMILES string of the molecule is CC[C@@H](C)c1ccc(NC(=O)NC[C@H]2CCC[C@@H](CNC(=O)Nc3ccc([C@@H](C)CC)cc3)C2)cc1. The minimum absolute atomic E-state index is 0.162. The average Bonchev–Trinajstić information content (AvgIpc) is 2.91. The zero-order valence-corrected chi connectivity index (χ0v) is 22.4. The molecule has 1 aliphatic rings. The minimum atomic E-state index is -0.162. The van der Waals surface area contributed by atoms with E-state index >= 15 is 0 Å². The van der Waals surface area contributed by atoms with Gasteiger partial charge >= 0.3 is 12.1 Å². The summed E-state index contributed by atoms with van der Waals surface area (Å²) in [4.78, 5) is 24.8. The van der Waals surface area contributed by atoms with Gasteiger partial charge in [-0.2, -0.15) is 0 Å². The molecule has 4 N–H and O–H groups in total. The van der Waals surface area contributed by atoms with Gasteiger partial charge in [-0.3, -0.25) is 0 Å². The first kappa shape index (κ1) is 27.6. The van der Waals surface area contributed by atoms with Crippen LogP contribution in [-0.2, 0) is 0 Å². The Kier molecular flexibility index (Phi) is 10.6. The van der Waals surface area contributed by atoms with E-state index in [0.29, 0.717) is 36.8 Å². The molecular formula is C30H44N4O2. The number of benzene rings is 2. The van der Waals surface area contributed by atoms with E-state index in [1.807, 2.05) is 24.3 Å². The van der Waals surface area contributed by atoms with Gasteiger partial charge in [0.1, 0.15) is 0 Å². The number of urea groups is 2. The van der Waals surface area contributed by atoms with Gasteiger partial charge in [-0.05, 0) is 91.2 Å². The Morgan fingerprint density at radius 2 is 1.11 bits per heavy atom. The Bertz CT molecular complexity index is 880. The predicted molar refractivity (Wildman–Crippen MR) is 150 cm³/mol. The second kappa shape index (κ2) is 13.9. The third kappa shape index (κ3) is 8.58. The summed E-state index contributed by atoms with van der Waals surface area (Å²) >= 11 is 0. The number of nitrogens with one attached hydrogen (secondary N) is 4. The Balaban J connectivity index is 1.36. The fraction of sp³-hybridized carbons (Fsp3) is 0.533. The van der Waals surface area contributed by atoms with Crippen LogP contribution in [0, 0.1) is 11.8 Å². The highest BCUT2D eigenvalue weighted by atomic mass is 16.2. The van der Waals surface area contributed by atoms with Gasteiger partial charge in [0.05, 0.1) is 0 Å². The van der Waals surface area contributed by atoms with Crippen LogP contribution in [0.3, 0.4) is 0 Å². The van der Waals surface area contributed by atoms with E-state index in [4.69, 9.17) is 0 Å². The fourth-order valence-electron chi connectivity index (χ4n) is 4.86. The van der Waals surface area contributed by atoms with Crippen molar-refractivity contribution in [2.24, 2.45) is 11.8 Å². The third-order valence-corrected chi connectivity index (χ3v) is 7.69. The van der Waals surface area contributed by atoms with Crippen LogP contribution in [0.4, 0.5) is 21.0 Å². The van der Waals surface area contributed by atoms with Crippen molar-refractivity contribution in [1.82, 2.24) is 10.6 Å². The monoisotopic (exact) mass is 492 g/mol. The maximum atomic E-state index is 12.4. The summed E-state index contributed by atoms with van der Waals surface area (Å²) in [5.74, 6) is 1.91. The average molecular weight is 493 g/mol. The first-order valence-electron chi connectivity index (χ1n) is 13.7. The highest BCUT2D eigenvalue weighted by Crippen LogP contribution is 2.28. The van der Waals surface area contributed by atoms with E-state index in [1.54, 1.807) is 0 Å². The molecule has 0 bridgehead atoms. The number of anilines is 2. The lowest BCUT2D eigenvalue weighted by Crippen LogP contribution is -2.38. The van der Waals surface area contributed by atoms with Crippen LogP contribution in [0.25, 0.3) is 0 Å². The molecule has 0 heterocycles. The largest absolute Gasteiger partial charge is 0.338 e. The van der Waals surface area contributed by atoms with Gasteiger partial charge in [0, 0.05) is 24.5 Å². The number of rotatable bonds is 10.